The lowest BCUT2D eigenvalue weighted by atomic mass is 10.1. The van der Waals surface area contributed by atoms with E-state index in [2.05, 4.69) is 15.5 Å². The molecular formula is C18H16N4O4. The number of H-pyrrole nitrogens is 1. The molecule has 132 valence electrons. The number of aromatic nitrogens is 2. The SMILES string of the molecule is COc1ccc(-c2cc(C(=O)Nc3ccc(C)cc3[N+](=O)[O-])[nH]n2)cc1. The van der Waals surface area contributed by atoms with E-state index in [0.717, 1.165) is 11.1 Å². The van der Waals surface area contributed by atoms with Gasteiger partial charge in [0.15, 0.2) is 0 Å². The lowest BCUT2D eigenvalue weighted by Gasteiger charge is -2.05. The molecule has 0 saturated heterocycles. The molecule has 8 nitrogen and oxygen atoms in total. The van der Waals surface area contributed by atoms with Crippen LogP contribution < -0.4 is 10.1 Å². The van der Waals surface area contributed by atoms with Gasteiger partial charge in [-0.15, -0.1) is 0 Å². The lowest BCUT2D eigenvalue weighted by molar-refractivity contribution is -0.384. The normalized spacial score (nSPS) is 10.4. The van der Waals surface area contributed by atoms with Gasteiger partial charge in [0.25, 0.3) is 11.6 Å². The van der Waals surface area contributed by atoms with E-state index in [1.165, 1.54) is 12.1 Å². The summed E-state index contributed by atoms with van der Waals surface area (Å²) in [5.74, 6) is 0.207. The van der Waals surface area contributed by atoms with Gasteiger partial charge in [-0.2, -0.15) is 5.10 Å². The fraction of sp³-hybridized carbons (Fsp3) is 0.111. The highest BCUT2D eigenvalue weighted by Gasteiger charge is 2.18. The standard InChI is InChI=1S/C18H16N4O4/c1-11-3-8-14(17(9-11)22(24)25)19-18(23)16-10-15(20-21-16)12-4-6-13(26-2)7-5-12/h3-10H,1-2H3,(H,19,23)(H,20,21). The number of anilines is 1. The minimum Gasteiger partial charge on any atom is -0.497 e. The molecule has 3 aromatic rings. The maximum absolute atomic E-state index is 12.4. The number of carbonyl (C=O) groups is 1. The van der Waals surface area contributed by atoms with E-state index >= 15 is 0 Å². The maximum Gasteiger partial charge on any atom is 0.293 e. The number of hydrogen-bond donors (Lipinski definition) is 2. The summed E-state index contributed by atoms with van der Waals surface area (Å²) in [6.45, 7) is 1.74. The summed E-state index contributed by atoms with van der Waals surface area (Å²) in [5.41, 5.74) is 2.29. The van der Waals surface area contributed by atoms with Crippen LogP contribution in [0.2, 0.25) is 0 Å². The molecule has 0 aliphatic rings. The first-order valence-corrected chi connectivity index (χ1v) is 7.74. The topological polar surface area (TPSA) is 110 Å². The molecule has 3 rings (SSSR count). The van der Waals surface area contributed by atoms with Gasteiger partial charge in [-0.05, 0) is 48.9 Å². The van der Waals surface area contributed by atoms with Crippen LogP contribution in [0, 0.1) is 17.0 Å². The maximum atomic E-state index is 12.4. The van der Waals surface area contributed by atoms with Crippen molar-refractivity contribution < 1.29 is 14.5 Å². The lowest BCUT2D eigenvalue weighted by Crippen LogP contribution is -2.13. The number of amides is 1. The predicted molar refractivity (Wildman–Crippen MR) is 96.4 cm³/mol. The summed E-state index contributed by atoms with van der Waals surface area (Å²) in [6.07, 6.45) is 0. The molecule has 0 saturated carbocycles. The molecule has 1 aromatic heterocycles. The first kappa shape index (κ1) is 17.2. The van der Waals surface area contributed by atoms with Crippen LogP contribution in [0.3, 0.4) is 0 Å². The first-order chi connectivity index (χ1) is 12.5. The molecule has 1 amide bonds. The Hall–Kier alpha value is -3.68. The van der Waals surface area contributed by atoms with Crippen LogP contribution in [0.4, 0.5) is 11.4 Å². The molecule has 0 aliphatic carbocycles. The third-order valence-electron chi connectivity index (χ3n) is 3.81. The monoisotopic (exact) mass is 352 g/mol. The van der Waals surface area contributed by atoms with E-state index < -0.39 is 10.8 Å². The van der Waals surface area contributed by atoms with Crippen molar-refractivity contribution in [3.8, 4) is 17.0 Å². The number of nitrogens with one attached hydrogen (secondary N) is 2. The van der Waals surface area contributed by atoms with Crippen LogP contribution in [0.5, 0.6) is 5.75 Å². The Bertz CT molecular complexity index is 964. The number of nitrogens with zero attached hydrogens (tertiary/aromatic N) is 2. The minimum atomic E-state index is -0.529. The number of methoxy groups -OCH3 is 1. The van der Waals surface area contributed by atoms with Crippen molar-refractivity contribution in [1.82, 2.24) is 10.2 Å². The van der Waals surface area contributed by atoms with Gasteiger partial charge in [0, 0.05) is 11.6 Å². The molecule has 0 bridgehead atoms. The summed E-state index contributed by atoms with van der Waals surface area (Å²) in [7, 11) is 1.58. The largest absolute Gasteiger partial charge is 0.497 e. The summed E-state index contributed by atoms with van der Waals surface area (Å²) >= 11 is 0. The smallest absolute Gasteiger partial charge is 0.293 e. The molecule has 0 fully saturated rings. The Morgan fingerprint density at radius 1 is 1.19 bits per heavy atom. The number of aromatic amines is 1. The Morgan fingerprint density at radius 2 is 1.92 bits per heavy atom. The van der Waals surface area contributed by atoms with Crippen LogP contribution in [-0.2, 0) is 0 Å². The second-order valence-corrected chi connectivity index (χ2v) is 5.63. The number of hydrogen-bond acceptors (Lipinski definition) is 5. The van der Waals surface area contributed by atoms with E-state index in [1.807, 2.05) is 12.1 Å². The molecule has 26 heavy (non-hydrogen) atoms. The van der Waals surface area contributed by atoms with E-state index in [9.17, 15) is 14.9 Å². The van der Waals surface area contributed by atoms with Crippen molar-refractivity contribution in [2.45, 2.75) is 6.92 Å². The van der Waals surface area contributed by atoms with Crippen LogP contribution >= 0.6 is 0 Å². The number of ether oxygens (including phenoxy) is 1. The highest BCUT2D eigenvalue weighted by Crippen LogP contribution is 2.26. The average Bonchev–Trinajstić information content (AvgIpc) is 3.13. The first-order valence-electron chi connectivity index (χ1n) is 7.74. The van der Waals surface area contributed by atoms with E-state index in [4.69, 9.17) is 4.74 Å². The number of nitro groups is 1. The van der Waals surface area contributed by atoms with Crippen molar-refractivity contribution in [1.29, 1.82) is 0 Å². The van der Waals surface area contributed by atoms with Gasteiger partial charge in [0.1, 0.15) is 17.1 Å². The Morgan fingerprint density at radius 3 is 2.58 bits per heavy atom. The Labute approximate surface area is 149 Å². The van der Waals surface area contributed by atoms with Gasteiger partial charge >= 0.3 is 0 Å². The second-order valence-electron chi connectivity index (χ2n) is 5.63. The molecule has 0 unspecified atom stereocenters. The molecule has 0 spiro atoms. The van der Waals surface area contributed by atoms with Crippen molar-refractivity contribution in [3.05, 3.63) is 69.9 Å². The number of rotatable bonds is 5. The van der Waals surface area contributed by atoms with Gasteiger partial charge < -0.3 is 10.1 Å². The fourth-order valence-corrected chi connectivity index (χ4v) is 2.44. The quantitative estimate of drug-likeness (QED) is 0.539. The second kappa shape index (κ2) is 7.06. The fourth-order valence-electron chi connectivity index (χ4n) is 2.44. The third kappa shape index (κ3) is 3.54. The van der Waals surface area contributed by atoms with E-state index in [1.54, 1.807) is 38.3 Å². The summed E-state index contributed by atoms with van der Waals surface area (Å²) < 4.78 is 5.11. The van der Waals surface area contributed by atoms with Crippen LogP contribution in [0.25, 0.3) is 11.3 Å². The van der Waals surface area contributed by atoms with Gasteiger partial charge in [0.05, 0.1) is 17.7 Å². The molecule has 0 radical (unpaired) electrons. The minimum absolute atomic E-state index is 0.131. The van der Waals surface area contributed by atoms with Gasteiger partial charge in [-0.1, -0.05) is 6.07 Å². The van der Waals surface area contributed by atoms with E-state index in [-0.39, 0.29) is 17.1 Å². The zero-order chi connectivity index (χ0) is 18.7. The summed E-state index contributed by atoms with van der Waals surface area (Å²) in [4.78, 5) is 23.0. The Balaban J connectivity index is 1.81. The highest BCUT2D eigenvalue weighted by atomic mass is 16.6. The number of benzene rings is 2. The van der Waals surface area contributed by atoms with Crippen molar-refractivity contribution in [3.63, 3.8) is 0 Å². The van der Waals surface area contributed by atoms with Crippen molar-refractivity contribution in [2.24, 2.45) is 0 Å². The zero-order valence-electron chi connectivity index (χ0n) is 14.1. The molecular weight excluding hydrogens is 336 g/mol. The highest BCUT2D eigenvalue weighted by molar-refractivity contribution is 6.04. The van der Waals surface area contributed by atoms with Crippen LogP contribution in [0.1, 0.15) is 16.1 Å². The van der Waals surface area contributed by atoms with Crippen molar-refractivity contribution in [2.75, 3.05) is 12.4 Å². The van der Waals surface area contributed by atoms with Crippen molar-refractivity contribution >= 4 is 17.3 Å². The molecule has 1 heterocycles. The van der Waals surface area contributed by atoms with Crippen LogP contribution in [-0.4, -0.2) is 28.1 Å². The zero-order valence-corrected chi connectivity index (χ0v) is 14.1. The molecule has 0 atom stereocenters. The Kier molecular flexibility index (Phi) is 4.66. The third-order valence-corrected chi connectivity index (χ3v) is 3.81. The van der Waals surface area contributed by atoms with Gasteiger partial charge in [-0.3, -0.25) is 20.0 Å². The molecule has 2 N–H and O–H groups in total. The van der Waals surface area contributed by atoms with E-state index in [0.29, 0.717) is 11.4 Å². The van der Waals surface area contributed by atoms with Gasteiger partial charge in [-0.25, -0.2) is 0 Å². The number of nitro benzene ring substituents is 1. The van der Waals surface area contributed by atoms with Crippen LogP contribution in [0.15, 0.2) is 48.5 Å². The number of carbonyl (C=O) groups excluding carboxylic acids is 1. The number of aryl methyl sites for hydroxylation is 1. The molecule has 0 aliphatic heterocycles. The predicted octanol–water partition coefficient (Wildman–Crippen LogP) is 3.55. The van der Waals surface area contributed by atoms with Gasteiger partial charge in [0.2, 0.25) is 0 Å². The average molecular weight is 352 g/mol. The molecule has 8 heteroatoms. The summed E-state index contributed by atoms with van der Waals surface area (Å²) in [6, 6.07) is 13.4. The molecule has 2 aromatic carbocycles. The summed E-state index contributed by atoms with van der Waals surface area (Å²) in [5, 5.41) is 20.5.